The Bertz CT molecular complexity index is 1090. The van der Waals surface area contributed by atoms with Gasteiger partial charge < -0.3 is 10.8 Å². The van der Waals surface area contributed by atoms with Gasteiger partial charge in [0.2, 0.25) is 0 Å². The van der Waals surface area contributed by atoms with Gasteiger partial charge in [-0.1, -0.05) is 12.1 Å². The van der Waals surface area contributed by atoms with Gasteiger partial charge in [0.1, 0.15) is 0 Å². The van der Waals surface area contributed by atoms with Gasteiger partial charge in [0.15, 0.2) is 5.65 Å². The Balaban J connectivity index is 1.87. The number of benzene rings is 1. The highest BCUT2D eigenvalue weighted by Crippen LogP contribution is 2.26. The van der Waals surface area contributed by atoms with Crippen molar-refractivity contribution in [2.75, 3.05) is 5.73 Å². The van der Waals surface area contributed by atoms with Crippen molar-refractivity contribution >= 4 is 22.7 Å². The lowest BCUT2D eigenvalue weighted by Crippen LogP contribution is -2.05. The molecule has 26 heavy (non-hydrogen) atoms. The van der Waals surface area contributed by atoms with E-state index in [0.29, 0.717) is 29.0 Å². The standard InChI is InChI=1S/C19H15N5O2/c20-14-3-1-13(2-4-14)17-9-15(19(25)26)16-10-22-24(18(16)23-17)11-12-5-7-21-8-6-12/h1-10H,11,20H2,(H,25,26). The number of hydrogen-bond acceptors (Lipinski definition) is 5. The Hall–Kier alpha value is -3.74. The van der Waals surface area contributed by atoms with Crippen molar-refractivity contribution in [2.24, 2.45) is 0 Å². The van der Waals surface area contributed by atoms with Crippen LogP contribution in [0.25, 0.3) is 22.3 Å². The van der Waals surface area contributed by atoms with E-state index in [9.17, 15) is 9.90 Å². The lowest BCUT2D eigenvalue weighted by atomic mass is 10.1. The van der Waals surface area contributed by atoms with Crippen LogP contribution in [0.1, 0.15) is 15.9 Å². The molecule has 0 atom stereocenters. The highest BCUT2D eigenvalue weighted by molar-refractivity contribution is 6.02. The van der Waals surface area contributed by atoms with E-state index in [2.05, 4.69) is 15.1 Å². The first-order chi connectivity index (χ1) is 12.6. The first-order valence-electron chi connectivity index (χ1n) is 7.96. The van der Waals surface area contributed by atoms with Gasteiger partial charge in [-0.15, -0.1) is 0 Å². The number of pyridine rings is 2. The van der Waals surface area contributed by atoms with Gasteiger partial charge in [-0.25, -0.2) is 14.5 Å². The molecule has 0 fully saturated rings. The van der Waals surface area contributed by atoms with E-state index in [1.807, 2.05) is 24.3 Å². The Labute approximate surface area is 148 Å². The predicted molar refractivity (Wildman–Crippen MR) is 97.7 cm³/mol. The van der Waals surface area contributed by atoms with Crippen LogP contribution in [0.3, 0.4) is 0 Å². The van der Waals surface area contributed by atoms with Gasteiger partial charge in [0, 0.05) is 23.6 Å². The fourth-order valence-corrected chi connectivity index (χ4v) is 2.80. The predicted octanol–water partition coefficient (Wildman–Crippen LogP) is 2.82. The van der Waals surface area contributed by atoms with Crippen LogP contribution in [0.4, 0.5) is 5.69 Å². The van der Waals surface area contributed by atoms with Crippen molar-refractivity contribution in [2.45, 2.75) is 6.54 Å². The molecule has 0 spiro atoms. The quantitative estimate of drug-likeness (QED) is 0.551. The zero-order chi connectivity index (χ0) is 18.1. The van der Waals surface area contributed by atoms with Crippen molar-refractivity contribution in [3.05, 3.63) is 72.2 Å². The molecule has 7 heteroatoms. The number of aromatic carboxylic acids is 1. The minimum absolute atomic E-state index is 0.169. The first-order valence-corrected chi connectivity index (χ1v) is 7.96. The average Bonchev–Trinajstić information content (AvgIpc) is 3.05. The number of carbonyl (C=O) groups is 1. The Kier molecular flexibility index (Phi) is 3.81. The maximum atomic E-state index is 11.7. The number of nitrogens with zero attached hydrogens (tertiary/aromatic N) is 4. The molecule has 0 unspecified atom stereocenters. The molecule has 4 rings (SSSR count). The third kappa shape index (κ3) is 2.86. The van der Waals surface area contributed by atoms with Crippen molar-refractivity contribution < 1.29 is 9.90 Å². The number of nitrogen functional groups attached to an aromatic ring is 1. The molecule has 3 heterocycles. The summed E-state index contributed by atoms with van der Waals surface area (Å²) in [6.07, 6.45) is 4.95. The van der Waals surface area contributed by atoms with Gasteiger partial charge in [-0.05, 0) is 35.9 Å². The van der Waals surface area contributed by atoms with Gasteiger partial charge in [0.25, 0.3) is 0 Å². The summed E-state index contributed by atoms with van der Waals surface area (Å²) >= 11 is 0. The number of nitrogens with two attached hydrogens (primary N) is 1. The molecule has 1 aromatic carbocycles. The lowest BCUT2D eigenvalue weighted by molar-refractivity contribution is 0.0699. The molecule has 0 aliphatic carbocycles. The molecule has 0 aliphatic rings. The summed E-state index contributed by atoms with van der Waals surface area (Å²) < 4.78 is 1.69. The second-order valence-electron chi connectivity index (χ2n) is 5.88. The molecule has 0 saturated heterocycles. The van der Waals surface area contributed by atoms with E-state index >= 15 is 0 Å². The van der Waals surface area contributed by atoms with Crippen molar-refractivity contribution in [3.63, 3.8) is 0 Å². The Morgan fingerprint density at radius 1 is 1.12 bits per heavy atom. The second-order valence-corrected chi connectivity index (χ2v) is 5.88. The van der Waals surface area contributed by atoms with E-state index < -0.39 is 5.97 Å². The molecule has 0 aliphatic heterocycles. The fourth-order valence-electron chi connectivity index (χ4n) is 2.80. The number of carboxylic acids is 1. The zero-order valence-electron chi connectivity index (χ0n) is 13.7. The summed E-state index contributed by atoms with van der Waals surface area (Å²) in [5.74, 6) is -1.02. The molecule has 0 saturated carbocycles. The van der Waals surface area contributed by atoms with Crippen LogP contribution in [0.2, 0.25) is 0 Å². The summed E-state index contributed by atoms with van der Waals surface area (Å²) in [4.78, 5) is 20.4. The summed E-state index contributed by atoms with van der Waals surface area (Å²) in [7, 11) is 0. The molecule has 4 aromatic rings. The van der Waals surface area contributed by atoms with E-state index in [1.54, 1.807) is 41.5 Å². The zero-order valence-corrected chi connectivity index (χ0v) is 13.7. The highest BCUT2D eigenvalue weighted by atomic mass is 16.4. The van der Waals surface area contributed by atoms with Crippen LogP contribution in [-0.4, -0.2) is 30.8 Å². The molecule has 7 nitrogen and oxygen atoms in total. The molecule has 0 amide bonds. The lowest BCUT2D eigenvalue weighted by Gasteiger charge is -2.07. The molecular formula is C19H15N5O2. The molecular weight excluding hydrogens is 330 g/mol. The minimum atomic E-state index is -1.02. The fraction of sp³-hybridized carbons (Fsp3) is 0.0526. The monoisotopic (exact) mass is 345 g/mol. The summed E-state index contributed by atoms with van der Waals surface area (Å²) in [5, 5.41) is 14.4. The van der Waals surface area contributed by atoms with E-state index in [1.165, 1.54) is 0 Å². The van der Waals surface area contributed by atoms with Crippen LogP contribution >= 0.6 is 0 Å². The van der Waals surface area contributed by atoms with E-state index in [0.717, 1.165) is 11.1 Å². The Morgan fingerprint density at radius 2 is 1.85 bits per heavy atom. The van der Waals surface area contributed by atoms with Crippen molar-refractivity contribution in [1.29, 1.82) is 0 Å². The summed E-state index contributed by atoms with van der Waals surface area (Å²) in [6.45, 7) is 0.475. The molecule has 0 bridgehead atoms. The maximum absolute atomic E-state index is 11.7. The number of anilines is 1. The second kappa shape index (κ2) is 6.29. The number of fused-ring (bicyclic) bond motifs is 1. The van der Waals surface area contributed by atoms with E-state index in [-0.39, 0.29) is 5.56 Å². The molecule has 3 aromatic heterocycles. The van der Waals surface area contributed by atoms with E-state index in [4.69, 9.17) is 5.73 Å². The largest absolute Gasteiger partial charge is 0.478 e. The molecule has 128 valence electrons. The number of rotatable bonds is 4. The number of carboxylic acid groups (broad SMARTS) is 1. The number of hydrogen-bond donors (Lipinski definition) is 2. The number of aromatic nitrogens is 4. The highest BCUT2D eigenvalue weighted by Gasteiger charge is 2.17. The van der Waals surface area contributed by atoms with Crippen molar-refractivity contribution in [1.82, 2.24) is 19.7 Å². The maximum Gasteiger partial charge on any atom is 0.336 e. The summed E-state index contributed by atoms with van der Waals surface area (Å²) in [5.41, 5.74) is 9.41. The Morgan fingerprint density at radius 3 is 2.54 bits per heavy atom. The van der Waals surface area contributed by atoms with Crippen LogP contribution in [0.5, 0.6) is 0 Å². The smallest absolute Gasteiger partial charge is 0.336 e. The summed E-state index contributed by atoms with van der Waals surface area (Å²) in [6, 6.07) is 12.5. The van der Waals surface area contributed by atoms with Gasteiger partial charge in [0.05, 0.1) is 29.4 Å². The third-order valence-corrected chi connectivity index (χ3v) is 4.13. The van der Waals surface area contributed by atoms with Crippen LogP contribution < -0.4 is 5.73 Å². The first kappa shape index (κ1) is 15.8. The average molecular weight is 345 g/mol. The SMILES string of the molecule is Nc1ccc(-c2cc(C(=O)O)c3cnn(Cc4ccncc4)c3n2)cc1. The molecule has 0 radical (unpaired) electrons. The van der Waals surface area contributed by atoms with Crippen LogP contribution in [0.15, 0.2) is 61.1 Å². The molecule has 3 N–H and O–H groups in total. The van der Waals surface area contributed by atoms with Gasteiger partial charge >= 0.3 is 5.97 Å². The normalized spacial score (nSPS) is 10.9. The van der Waals surface area contributed by atoms with Gasteiger partial charge in [-0.2, -0.15) is 5.10 Å². The topological polar surface area (TPSA) is 107 Å². The third-order valence-electron chi connectivity index (χ3n) is 4.13. The minimum Gasteiger partial charge on any atom is -0.478 e. The van der Waals surface area contributed by atoms with Crippen LogP contribution in [-0.2, 0) is 6.54 Å². The van der Waals surface area contributed by atoms with Gasteiger partial charge in [-0.3, -0.25) is 4.98 Å². The van der Waals surface area contributed by atoms with Crippen molar-refractivity contribution in [3.8, 4) is 11.3 Å². The van der Waals surface area contributed by atoms with Crippen LogP contribution in [0, 0.1) is 0 Å².